The molecule has 1 aliphatic rings. The van der Waals surface area contributed by atoms with Gasteiger partial charge in [-0.25, -0.2) is 0 Å². The number of benzene rings is 1. The smallest absolute Gasteiger partial charge is 0.254 e. The lowest BCUT2D eigenvalue weighted by Crippen LogP contribution is -2.41. The van der Waals surface area contributed by atoms with Gasteiger partial charge in [-0.1, -0.05) is 6.07 Å². The molecule has 104 valence electrons. The normalized spacial score (nSPS) is 18.5. The van der Waals surface area contributed by atoms with Crippen LogP contribution in [0.1, 0.15) is 35.7 Å². The first-order valence-corrected chi connectivity index (χ1v) is 6.94. The van der Waals surface area contributed by atoms with Crippen LogP contribution in [0.4, 0.5) is 0 Å². The summed E-state index contributed by atoms with van der Waals surface area (Å²) in [4.78, 5) is 14.4. The summed E-state index contributed by atoms with van der Waals surface area (Å²) in [7, 11) is 0. The molecule has 0 bridgehead atoms. The topological polar surface area (TPSA) is 52.6 Å². The highest BCUT2D eigenvalue weighted by Crippen LogP contribution is 2.21. The van der Waals surface area contributed by atoms with Crippen LogP contribution >= 0.6 is 0 Å². The fraction of sp³-hybridized carbons (Fsp3) is 0.533. The minimum absolute atomic E-state index is 0.00426. The second-order valence-corrected chi connectivity index (χ2v) is 5.09. The molecule has 1 saturated heterocycles. The number of phenols is 1. The number of carbonyl (C=O) groups is 1. The SMILES string of the molecule is CCN(CC1CCCN1)C(=O)c1cccc(O)c1C. The lowest BCUT2D eigenvalue weighted by molar-refractivity contribution is 0.0750. The molecule has 19 heavy (non-hydrogen) atoms. The number of amides is 1. The maximum Gasteiger partial charge on any atom is 0.254 e. The Kier molecular flexibility index (Phi) is 4.43. The molecule has 4 nitrogen and oxygen atoms in total. The molecule has 1 aliphatic heterocycles. The van der Waals surface area contributed by atoms with Crippen molar-refractivity contribution < 1.29 is 9.90 Å². The van der Waals surface area contributed by atoms with Gasteiger partial charge in [0.05, 0.1) is 0 Å². The van der Waals surface area contributed by atoms with Crippen LogP contribution in [0.3, 0.4) is 0 Å². The van der Waals surface area contributed by atoms with Crippen molar-refractivity contribution in [2.45, 2.75) is 32.7 Å². The van der Waals surface area contributed by atoms with E-state index in [9.17, 15) is 9.90 Å². The largest absolute Gasteiger partial charge is 0.508 e. The molecule has 0 radical (unpaired) electrons. The first-order valence-electron chi connectivity index (χ1n) is 6.94. The van der Waals surface area contributed by atoms with Gasteiger partial charge in [-0.3, -0.25) is 4.79 Å². The zero-order chi connectivity index (χ0) is 13.8. The van der Waals surface area contributed by atoms with Crippen LogP contribution in [-0.4, -0.2) is 41.6 Å². The van der Waals surface area contributed by atoms with Gasteiger partial charge in [0, 0.05) is 30.3 Å². The van der Waals surface area contributed by atoms with E-state index in [1.54, 1.807) is 25.1 Å². The number of hydrogen-bond acceptors (Lipinski definition) is 3. The molecule has 0 spiro atoms. The van der Waals surface area contributed by atoms with E-state index in [4.69, 9.17) is 0 Å². The Morgan fingerprint density at radius 1 is 1.53 bits per heavy atom. The van der Waals surface area contributed by atoms with E-state index in [2.05, 4.69) is 5.32 Å². The van der Waals surface area contributed by atoms with Crippen LogP contribution in [0.2, 0.25) is 0 Å². The summed E-state index contributed by atoms with van der Waals surface area (Å²) in [5, 5.41) is 13.1. The summed E-state index contributed by atoms with van der Waals surface area (Å²) in [6.45, 7) is 6.24. The van der Waals surface area contributed by atoms with Crippen molar-refractivity contribution in [1.82, 2.24) is 10.2 Å². The minimum Gasteiger partial charge on any atom is -0.508 e. The average Bonchev–Trinajstić information content (AvgIpc) is 2.91. The second-order valence-electron chi connectivity index (χ2n) is 5.09. The van der Waals surface area contributed by atoms with E-state index < -0.39 is 0 Å². The molecule has 2 N–H and O–H groups in total. The van der Waals surface area contributed by atoms with Gasteiger partial charge < -0.3 is 15.3 Å². The maximum absolute atomic E-state index is 12.5. The highest BCUT2D eigenvalue weighted by molar-refractivity contribution is 5.96. The summed E-state index contributed by atoms with van der Waals surface area (Å²) < 4.78 is 0. The predicted molar refractivity (Wildman–Crippen MR) is 75.4 cm³/mol. The molecule has 1 aromatic rings. The van der Waals surface area contributed by atoms with Gasteiger partial charge >= 0.3 is 0 Å². The number of carbonyl (C=O) groups excluding carboxylic acids is 1. The van der Waals surface area contributed by atoms with E-state index in [-0.39, 0.29) is 11.7 Å². The third-order valence-electron chi connectivity index (χ3n) is 3.81. The average molecular weight is 262 g/mol. The highest BCUT2D eigenvalue weighted by atomic mass is 16.3. The van der Waals surface area contributed by atoms with Crippen LogP contribution in [0.5, 0.6) is 5.75 Å². The number of rotatable bonds is 4. The Balaban J connectivity index is 2.13. The van der Waals surface area contributed by atoms with E-state index in [1.807, 2.05) is 11.8 Å². The lowest BCUT2D eigenvalue weighted by atomic mass is 10.1. The van der Waals surface area contributed by atoms with E-state index in [0.29, 0.717) is 23.7 Å². The number of phenolic OH excluding ortho intramolecular Hbond substituents is 1. The summed E-state index contributed by atoms with van der Waals surface area (Å²) in [6.07, 6.45) is 2.31. The fourth-order valence-electron chi connectivity index (χ4n) is 2.56. The zero-order valence-corrected chi connectivity index (χ0v) is 11.6. The van der Waals surface area contributed by atoms with Crippen LogP contribution in [-0.2, 0) is 0 Å². The lowest BCUT2D eigenvalue weighted by Gasteiger charge is -2.25. The Bertz CT molecular complexity index is 453. The van der Waals surface area contributed by atoms with Crippen molar-refractivity contribution in [3.05, 3.63) is 29.3 Å². The molecular formula is C15H22N2O2. The fourth-order valence-corrected chi connectivity index (χ4v) is 2.56. The highest BCUT2D eigenvalue weighted by Gasteiger charge is 2.22. The Morgan fingerprint density at radius 3 is 2.95 bits per heavy atom. The quantitative estimate of drug-likeness (QED) is 0.871. The molecule has 4 heteroatoms. The van der Waals surface area contributed by atoms with Crippen molar-refractivity contribution in [3.63, 3.8) is 0 Å². The first kappa shape index (κ1) is 13.9. The van der Waals surface area contributed by atoms with Crippen molar-refractivity contribution in [2.75, 3.05) is 19.6 Å². The van der Waals surface area contributed by atoms with Crippen molar-refractivity contribution in [3.8, 4) is 5.75 Å². The molecule has 0 saturated carbocycles. The number of aromatic hydroxyl groups is 1. The number of nitrogens with one attached hydrogen (secondary N) is 1. The molecule has 0 aromatic heterocycles. The van der Waals surface area contributed by atoms with Gasteiger partial charge in [0.2, 0.25) is 0 Å². The van der Waals surface area contributed by atoms with Crippen LogP contribution in [0.15, 0.2) is 18.2 Å². The van der Waals surface area contributed by atoms with Crippen LogP contribution in [0, 0.1) is 6.92 Å². The van der Waals surface area contributed by atoms with Gasteiger partial charge in [0.1, 0.15) is 5.75 Å². The molecule has 1 heterocycles. The molecule has 0 aliphatic carbocycles. The molecule has 1 unspecified atom stereocenters. The Labute approximate surface area is 114 Å². The van der Waals surface area contributed by atoms with Gasteiger partial charge in [-0.2, -0.15) is 0 Å². The zero-order valence-electron chi connectivity index (χ0n) is 11.6. The third kappa shape index (κ3) is 3.07. The molecule has 1 fully saturated rings. The van der Waals surface area contributed by atoms with E-state index >= 15 is 0 Å². The van der Waals surface area contributed by atoms with Crippen molar-refractivity contribution in [2.24, 2.45) is 0 Å². The predicted octanol–water partition coefficient (Wildman–Crippen LogP) is 1.91. The number of likely N-dealkylation sites (N-methyl/N-ethyl adjacent to an activating group) is 1. The van der Waals surface area contributed by atoms with Gasteiger partial charge in [0.25, 0.3) is 5.91 Å². The van der Waals surface area contributed by atoms with E-state index in [0.717, 1.165) is 19.5 Å². The summed E-state index contributed by atoms with van der Waals surface area (Å²) >= 11 is 0. The van der Waals surface area contributed by atoms with Crippen LogP contribution in [0.25, 0.3) is 0 Å². The Hall–Kier alpha value is -1.55. The van der Waals surface area contributed by atoms with Gasteiger partial charge in [0.15, 0.2) is 0 Å². The van der Waals surface area contributed by atoms with Crippen LogP contribution < -0.4 is 5.32 Å². The monoisotopic (exact) mass is 262 g/mol. The summed E-state index contributed by atoms with van der Waals surface area (Å²) in [5.41, 5.74) is 1.25. The first-order chi connectivity index (χ1) is 9.13. The Morgan fingerprint density at radius 2 is 2.32 bits per heavy atom. The minimum atomic E-state index is 0.00426. The second kappa shape index (κ2) is 6.06. The van der Waals surface area contributed by atoms with Crippen molar-refractivity contribution in [1.29, 1.82) is 0 Å². The summed E-state index contributed by atoms with van der Waals surface area (Å²) in [5.74, 6) is 0.186. The van der Waals surface area contributed by atoms with Crippen molar-refractivity contribution >= 4 is 5.91 Å². The number of nitrogens with zero attached hydrogens (tertiary/aromatic N) is 1. The van der Waals surface area contributed by atoms with Gasteiger partial charge in [-0.05, 0) is 45.4 Å². The maximum atomic E-state index is 12.5. The molecule has 2 rings (SSSR count). The number of hydrogen-bond donors (Lipinski definition) is 2. The van der Waals surface area contributed by atoms with Gasteiger partial charge in [-0.15, -0.1) is 0 Å². The molecule has 1 amide bonds. The van der Waals surface area contributed by atoms with E-state index in [1.165, 1.54) is 6.42 Å². The molecule has 1 aromatic carbocycles. The molecular weight excluding hydrogens is 240 g/mol. The third-order valence-corrected chi connectivity index (χ3v) is 3.81. The standard InChI is InChI=1S/C15H22N2O2/c1-3-17(10-12-6-5-9-16-12)15(19)13-7-4-8-14(18)11(13)2/h4,7-8,12,16,18H,3,5-6,9-10H2,1-2H3. The molecule has 1 atom stereocenters. The summed E-state index contributed by atoms with van der Waals surface area (Å²) in [6, 6.07) is 5.52.